The molecule has 0 saturated heterocycles. The molecule has 20 heavy (non-hydrogen) atoms. The second-order valence-electron chi connectivity index (χ2n) is 4.19. The molecular weight excluding hydrogens is 316 g/mol. The molecule has 7 heteroatoms. The molecule has 1 N–H and O–H groups in total. The topological polar surface area (TPSA) is 54.6 Å². The van der Waals surface area contributed by atoms with Crippen molar-refractivity contribution >= 4 is 46.6 Å². The highest BCUT2D eigenvalue weighted by Gasteiger charge is 2.25. The number of fused-ring (bicyclic) bond motifs is 1. The van der Waals surface area contributed by atoms with Gasteiger partial charge in [0.15, 0.2) is 3.95 Å². The number of thiazole rings is 1. The number of para-hydroxylation sites is 1. The van der Waals surface area contributed by atoms with Gasteiger partial charge in [-0.25, -0.2) is 4.99 Å². The average Bonchev–Trinajstić information content (AvgIpc) is 2.87. The lowest BCUT2D eigenvalue weighted by Crippen LogP contribution is -2.23. The van der Waals surface area contributed by atoms with Crippen LogP contribution in [0.1, 0.15) is 11.8 Å². The maximum atomic E-state index is 12.1. The van der Waals surface area contributed by atoms with Crippen LogP contribution in [0.25, 0.3) is 5.57 Å². The second-order valence-corrected chi connectivity index (χ2v) is 6.24. The van der Waals surface area contributed by atoms with Crippen molar-refractivity contribution in [3.63, 3.8) is 0 Å². The maximum Gasteiger partial charge on any atom is 0.279 e. The van der Waals surface area contributed by atoms with Crippen molar-refractivity contribution in [2.45, 2.75) is 13.5 Å². The Morgan fingerprint density at radius 3 is 2.90 bits per heavy atom. The monoisotopic (exact) mass is 324 g/mol. The predicted molar refractivity (Wildman–Crippen MR) is 80.2 cm³/mol. The van der Waals surface area contributed by atoms with Gasteiger partial charge >= 0.3 is 0 Å². The molecule has 0 spiro atoms. The van der Waals surface area contributed by atoms with E-state index in [1.54, 1.807) is 22.8 Å². The summed E-state index contributed by atoms with van der Waals surface area (Å²) < 4.78 is 2.11. The van der Waals surface area contributed by atoms with Gasteiger partial charge in [-0.2, -0.15) is 0 Å². The van der Waals surface area contributed by atoms with Crippen LogP contribution in [-0.2, 0) is 11.3 Å². The van der Waals surface area contributed by atoms with Crippen molar-refractivity contribution in [1.82, 2.24) is 4.57 Å². The van der Waals surface area contributed by atoms with Crippen LogP contribution >= 0.6 is 35.2 Å². The minimum atomic E-state index is -0.400. The van der Waals surface area contributed by atoms with Gasteiger partial charge in [-0.1, -0.05) is 23.7 Å². The molecule has 1 aliphatic rings. The number of hydrogen-bond acceptors (Lipinski definition) is 4. The van der Waals surface area contributed by atoms with Gasteiger partial charge in [0, 0.05) is 11.8 Å². The van der Waals surface area contributed by atoms with Crippen LogP contribution in [0, 0.1) is 3.95 Å². The van der Waals surface area contributed by atoms with E-state index in [4.69, 9.17) is 23.8 Å². The first-order valence-electron chi connectivity index (χ1n) is 5.89. The number of nitrogens with zero attached hydrogens (tertiary/aromatic N) is 2. The molecule has 0 aliphatic carbocycles. The zero-order valence-corrected chi connectivity index (χ0v) is 12.8. The van der Waals surface area contributed by atoms with Crippen molar-refractivity contribution in [3.05, 3.63) is 42.6 Å². The fraction of sp³-hybridized carbons (Fsp3) is 0.154. The largest absolute Gasteiger partial charge is 0.493 e. The first-order valence-corrected chi connectivity index (χ1v) is 7.49. The van der Waals surface area contributed by atoms with Gasteiger partial charge in [-0.05, 0) is 25.2 Å². The molecule has 0 unspecified atom stereocenters. The van der Waals surface area contributed by atoms with Gasteiger partial charge < -0.3 is 5.11 Å². The number of hydrogen-bond donors (Lipinski definition) is 1. The normalized spacial score (nSPS) is 13.5. The number of benzene rings is 1. The van der Waals surface area contributed by atoms with Gasteiger partial charge in [-0.15, -0.1) is 11.3 Å². The molecule has 4 nitrogen and oxygen atoms in total. The van der Waals surface area contributed by atoms with Crippen LogP contribution in [0.5, 0.6) is 5.88 Å². The van der Waals surface area contributed by atoms with Crippen LogP contribution in [0.2, 0.25) is 5.02 Å². The Hall–Kier alpha value is -1.50. The van der Waals surface area contributed by atoms with Gasteiger partial charge in [0.05, 0.1) is 16.0 Å². The fourth-order valence-corrected chi connectivity index (χ4v) is 3.85. The molecule has 1 amide bonds. The lowest BCUT2D eigenvalue weighted by atomic mass is 10.1. The Balaban J connectivity index is 2.42. The Kier molecular flexibility index (Phi) is 3.24. The van der Waals surface area contributed by atoms with E-state index in [9.17, 15) is 9.90 Å². The van der Waals surface area contributed by atoms with E-state index in [-0.39, 0.29) is 5.88 Å². The van der Waals surface area contributed by atoms with Crippen molar-refractivity contribution in [2.24, 2.45) is 4.99 Å². The Bertz CT molecular complexity index is 911. The lowest BCUT2D eigenvalue weighted by molar-refractivity contribution is -0.112. The van der Waals surface area contributed by atoms with Crippen LogP contribution in [0.4, 0.5) is 0 Å². The molecule has 102 valence electrons. The minimum Gasteiger partial charge on any atom is -0.493 e. The molecule has 2 aromatic rings. The number of carbonyl (C=O) groups is 1. The third-order valence-electron chi connectivity index (χ3n) is 3.10. The number of halogens is 1. The summed E-state index contributed by atoms with van der Waals surface area (Å²) >= 11 is 12.4. The molecule has 2 heterocycles. The number of aromatic nitrogens is 1. The molecule has 0 atom stereocenters. The Morgan fingerprint density at radius 2 is 2.25 bits per heavy atom. The van der Waals surface area contributed by atoms with Crippen LogP contribution in [-0.4, -0.2) is 15.6 Å². The predicted octanol–water partition coefficient (Wildman–Crippen LogP) is 2.02. The smallest absolute Gasteiger partial charge is 0.279 e. The summed E-state index contributed by atoms with van der Waals surface area (Å²) in [4.78, 5) is 16.5. The average molecular weight is 325 g/mol. The molecule has 3 rings (SSSR count). The van der Waals surface area contributed by atoms with E-state index in [1.165, 1.54) is 11.3 Å². The molecular formula is C13H9ClN2O2S2. The highest BCUT2D eigenvalue weighted by atomic mass is 35.5. The SMILES string of the molecule is CCn1c(O)c(C2=c3cccc(Cl)c3=NC2=O)sc1=S. The molecule has 0 radical (unpaired) electrons. The quantitative estimate of drug-likeness (QED) is 0.860. The van der Waals surface area contributed by atoms with Gasteiger partial charge in [-0.3, -0.25) is 9.36 Å². The summed E-state index contributed by atoms with van der Waals surface area (Å²) in [6, 6.07) is 5.20. The zero-order valence-electron chi connectivity index (χ0n) is 10.4. The lowest BCUT2D eigenvalue weighted by Gasteiger charge is -2.01. The van der Waals surface area contributed by atoms with Gasteiger partial charge in [0.1, 0.15) is 4.88 Å². The molecule has 1 aromatic heterocycles. The maximum absolute atomic E-state index is 12.1. The van der Waals surface area contributed by atoms with Crippen LogP contribution < -0.4 is 10.6 Å². The highest BCUT2D eigenvalue weighted by Crippen LogP contribution is 2.32. The molecule has 0 fully saturated rings. The van der Waals surface area contributed by atoms with Crippen molar-refractivity contribution in [1.29, 1.82) is 0 Å². The van der Waals surface area contributed by atoms with E-state index < -0.39 is 5.91 Å². The van der Waals surface area contributed by atoms with E-state index >= 15 is 0 Å². The van der Waals surface area contributed by atoms with E-state index in [0.717, 1.165) is 0 Å². The first kappa shape index (κ1) is 13.5. The summed E-state index contributed by atoms with van der Waals surface area (Å²) in [5.41, 5.74) is 0.364. The third kappa shape index (κ3) is 1.83. The number of carbonyl (C=O) groups excluding carboxylic acids is 1. The van der Waals surface area contributed by atoms with Crippen LogP contribution in [0.3, 0.4) is 0 Å². The highest BCUT2D eigenvalue weighted by molar-refractivity contribution is 7.73. The summed E-state index contributed by atoms with van der Waals surface area (Å²) in [6.07, 6.45) is 0. The zero-order chi connectivity index (χ0) is 14.4. The van der Waals surface area contributed by atoms with E-state index in [2.05, 4.69) is 4.99 Å². The van der Waals surface area contributed by atoms with E-state index in [0.29, 0.717) is 36.5 Å². The summed E-state index contributed by atoms with van der Waals surface area (Å²) in [5, 5.41) is 11.8. The summed E-state index contributed by atoms with van der Waals surface area (Å²) in [6.45, 7) is 2.42. The Morgan fingerprint density at radius 1 is 1.50 bits per heavy atom. The van der Waals surface area contributed by atoms with Gasteiger partial charge in [0.2, 0.25) is 5.88 Å². The van der Waals surface area contributed by atoms with Crippen LogP contribution in [0.15, 0.2) is 23.2 Å². The summed E-state index contributed by atoms with van der Waals surface area (Å²) in [5.74, 6) is -0.392. The Labute approximate surface area is 128 Å². The number of amides is 1. The number of aromatic hydroxyl groups is 1. The molecule has 0 saturated carbocycles. The van der Waals surface area contributed by atoms with Crippen molar-refractivity contribution in [2.75, 3.05) is 0 Å². The molecule has 0 bridgehead atoms. The summed E-state index contributed by atoms with van der Waals surface area (Å²) in [7, 11) is 0. The third-order valence-corrected chi connectivity index (χ3v) is 4.86. The molecule has 1 aromatic carbocycles. The fourth-order valence-electron chi connectivity index (χ4n) is 2.16. The standard InChI is InChI=1S/C13H9ClN2O2S2/c1-2-16-12(18)10(20-13(16)19)8-6-4-3-5-7(14)9(6)15-11(8)17/h3-5,18H,2H2,1H3. The second kappa shape index (κ2) is 4.80. The molecule has 1 aliphatic heterocycles. The van der Waals surface area contributed by atoms with Gasteiger partial charge in [0.25, 0.3) is 5.91 Å². The van der Waals surface area contributed by atoms with Crippen molar-refractivity contribution in [3.8, 4) is 5.88 Å². The van der Waals surface area contributed by atoms with E-state index in [1.807, 2.05) is 6.92 Å². The van der Waals surface area contributed by atoms with Crippen molar-refractivity contribution < 1.29 is 9.90 Å². The minimum absolute atomic E-state index is 0.00822. The first-order chi connectivity index (χ1) is 9.54. The number of rotatable bonds is 2.